The first-order chi connectivity index (χ1) is 27.3. The molecule has 0 radical (unpaired) electrons. The van der Waals surface area contributed by atoms with Crippen molar-refractivity contribution in [1.82, 2.24) is 24.3 Å². The first kappa shape index (κ1) is 32.2. The van der Waals surface area contributed by atoms with Gasteiger partial charge in [-0.3, -0.25) is 4.40 Å². The van der Waals surface area contributed by atoms with Crippen LogP contribution in [0.25, 0.3) is 95.5 Å². The Bertz CT molecular complexity index is 2920. The molecule has 0 saturated carbocycles. The van der Waals surface area contributed by atoms with E-state index in [0.717, 1.165) is 78.3 Å². The Morgan fingerprint density at radius 3 is 1.27 bits per heavy atom. The smallest absolute Gasteiger partial charge is 0.163 e. The highest BCUT2D eigenvalue weighted by molar-refractivity contribution is 6.06. The van der Waals surface area contributed by atoms with Crippen LogP contribution in [0.2, 0.25) is 0 Å². The average molecular weight is 704 g/mol. The van der Waals surface area contributed by atoms with Crippen molar-refractivity contribution >= 4 is 16.4 Å². The first-order valence-corrected chi connectivity index (χ1v) is 18.4. The van der Waals surface area contributed by atoms with Crippen LogP contribution in [-0.4, -0.2) is 24.3 Å². The van der Waals surface area contributed by atoms with E-state index in [2.05, 4.69) is 168 Å². The lowest BCUT2D eigenvalue weighted by molar-refractivity contribution is 1.05. The molecule has 55 heavy (non-hydrogen) atoms. The number of hydrogen-bond acceptors (Lipinski definition) is 4. The lowest BCUT2D eigenvalue weighted by Crippen LogP contribution is -2.03. The van der Waals surface area contributed by atoms with Gasteiger partial charge in [-0.15, -0.1) is 0 Å². The average Bonchev–Trinajstić information content (AvgIpc) is 3.61. The molecule has 0 N–H and O–H groups in total. The number of aromatic nitrogens is 5. The van der Waals surface area contributed by atoms with Gasteiger partial charge in [0.1, 0.15) is 11.5 Å². The summed E-state index contributed by atoms with van der Waals surface area (Å²) in [6.07, 6.45) is 0. The van der Waals surface area contributed by atoms with Gasteiger partial charge in [-0.1, -0.05) is 194 Å². The zero-order valence-corrected chi connectivity index (χ0v) is 29.8. The molecule has 0 amide bonds. The van der Waals surface area contributed by atoms with Gasteiger partial charge in [-0.25, -0.2) is 19.9 Å². The van der Waals surface area contributed by atoms with Crippen molar-refractivity contribution in [3.05, 3.63) is 200 Å². The summed E-state index contributed by atoms with van der Waals surface area (Å²) >= 11 is 0. The van der Waals surface area contributed by atoms with E-state index in [9.17, 15) is 0 Å². The van der Waals surface area contributed by atoms with Crippen LogP contribution in [0.5, 0.6) is 0 Å². The minimum atomic E-state index is 0.660. The van der Waals surface area contributed by atoms with Crippen molar-refractivity contribution in [1.29, 1.82) is 0 Å². The predicted octanol–water partition coefficient (Wildman–Crippen LogP) is 12.3. The van der Waals surface area contributed by atoms with E-state index in [-0.39, 0.29) is 0 Å². The Hall–Kier alpha value is -7.50. The molecule has 0 bridgehead atoms. The topological polar surface area (TPSA) is 56.0 Å². The Morgan fingerprint density at radius 1 is 0.291 bits per heavy atom. The molecule has 5 nitrogen and oxygen atoms in total. The van der Waals surface area contributed by atoms with Crippen molar-refractivity contribution in [2.75, 3.05) is 0 Å². The van der Waals surface area contributed by atoms with Gasteiger partial charge in [0.05, 0.1) is 17.1 Å². The third-order valence-corrected chi connectivity index (χ3v) is 10.1. The number of benzene rings is 7. The van der Waals surface area contributed by atoms with Crippen molar-refractivity contribution in [2.24, 2.45) is 0 Å². The van der Waals surface area contributed by atoms with Crippen molar-refractivity contribution in [3.63, 3.8) is 0 Å². The molecule has 0 unspecified atom stereocenters. The Morgan fingerprint density at radius 2 is 0.691 bits per heavy atom. The third-order valence-electron chi connectivity index (χ3n) is 10.1. The van der Waals surface area contributed by atoms with Crippen LogP contribution >= 0.6 is 0 Å². The van der Waals surface area contributed by atoms with E-state index in [1.54, 1.807) is 0 Å². The minimum Gasteiger partial charge on any atom is -0.277 e. The summed E-state index contributed by atoms with van der Waals surface area (Å²) in [6.45, 7) is 0. The molecule has 7 aromatic carbocycles. The van der Waals surface area contributed by atoms with Gasteiger partial charge in [-0.2, -0.15) is 0 Å². The van der Waals surface area contributed by atoms with E-state index in [1.165, 1.54) is 5.56 Å². The van der Waals surface area contributed by atoms with E-state index in [1.807, 2.05) is 36.4 Å². The monoisotopic (exact) mass is 703 g/mol. The maximum Gasteiger partial charge on any atom is 0.163 e. The Balaban J connectivity index is 1.09. The van der Waals surface area contributed by atoms with E-state index in [0.29, 0.717) is 11.6 Å². The Kier molecular flexibility index (Phi) is 8.08. The van der Waals surface area contributed by atoms with Gasteiger partial charge in [-0.05, 0) is 22.8 Å². The van der Waals surface area contributed by atoms with Crippen molar-refractivity contribution in [3.8, 4) is 79.1 Å². The van der Waals surface area contributed by atoms with Gasteiger partial charge in [0.25, 0.3) is 0 Å². The second-order valence-electron chi connectivity index (χ2n) is 13.5. The van der Waals surface area contributed by atoms with Crippen molar-refractivity contribution < 1.29 is 0 Å². The molecule has 10 rings (SSSR count). The van der Waals surface area contributed by atoms with E-state index >= 15 is 0 Å². The second kappa shape index (κ2) is 13.8. The maximum absolute atomic E-state index is 5.29. The van der Waals surface area contributed by atoms with Gasteiger partial charge >= 0.3 is 0 Å². The molecule has 0 fully saturated rings. The first-order valence-electron chi connectivity index (χ1n) is 18.4. The summed E-state index contributed by atoms with van der Waals surface area (Å²) in [5, 5.41) is 2.22. The van der Waals surface area contributed by atoms with Gasteiger partial charge in [0, 0.05) is 38.6 Å². The quantitative estimate of drug-likeness (QED) is 0.166. The van der Waals surface area contributed by atoms with E-state index in [4.69, 9.17) is 19.9 Å². The largest absolute Gasteiger partial charge is 0.277 e. The minimum absolute atomic E-state index is 0.660. The molecular weight excluding hydrogens is 671 g/mol. The zero-order chi connectivity index (χ0) is 36.6. The summed E-state index contributed by atoms with van der Waals surface area (Å²) in [7, 11) is 0. The lowest BCUT2D eigenvalue weighted by Gasteiger charge is -2.13. The van der Waals surface area contributed by atoms with Crippen LogP contribution in [0.4, 0.5) is 0 Å². The molecule has 10 aromatic rings. The number of fused-ring (bicyclic) bond motifs is 3. The highest BCUT2D eigenvalue weighted by Crippen LogP contribution is 2.38. The number of nitrogens with zero attached hydrogens (tertiary/aromatic N) is 5. The molecule has 0 saturated heterocycles. The van der Waals surface area contributed by atoms with E-state index < -0.39 is 0 Å². The highest BCUT2D eigenvalue weighted by Gasteiger charge is 2.21. The maximum atomic E-state index is 5.29. The molecule has 0 aliphatic rings. The summed E-state index contributed by atoms with van der Waals surface area (Å²) in [5.74, 6) is 2.18. The SMILES string of the molecule is c1ccc(-c2ccc(-c3cc(-c4ccc(-c5nc(-c6ccccc6)n6c(-c7ccccc7)c7ccccc7c6n5)cc4)nc(-c4ccccc4)n3)cc2)cc1. The predicted molar refractivity (Wildman–Crippen MR) is 224 cm³/mol. The fourth-order valence-corrected chi connectivity index (χ4v) is 7.33. The van der Waals surface area contributed by atoms with Gasteiger partial charge < -0.3 is 0 Å². The summed E-state index contributed by atoms with van der Waals surface area (Å²) in [4.78, 5) is 20.7. The molecule has 3 aromatic heterocycles. The normalized spacial score (nSPS) is 11.3. The molecule has 0 aliphatic carbocycles. The molecule has 5 heteroatoms. The summed E-state index contributed by atoms with van der Waals surface area (Å²) in [6, 6.07) is 69.0. The Labute approximate surface area is 319 Å². The summed E-state index contributed by atoms with van der Waals surface area (Å²) < 4.78 is 2.22. The fourth-order valence-electron chi connectivity index (χ4n) is 7.33. The van der Waals surface area contributed by atoms with Gasteiger partial charge in [0.2, 0.25) is 0 Å². The van der Waals surface area contributed by atoms with Crippen LogP contribution < -0.4 is 0 Å². The molecule has 0 atom stereocenters. The second-order valence-corrected chi connectivity index (χ2v) is 13.5. The van der Waals surface area contributed by atoms with Crippen LogP contribution in [0.15, 0.2) is 200 Å². The van der Waals surface area contributed by atoms with Crippen molar-refractivity contribution in [2.45, 2.75) is 0 Å². The van der Waals surface area contributed by atoms with Crippen LogP contribution in [0, 0.1) is 0 Å². The molecule has 258 valence electrons. The molecule has 3 heterocycles. The number of rotatable bonds is 7. The number of hydrogen-bond donors (Lipinski definition) is 0. The van der Waals surface area contributed by atoms with Crippen LogP contribution in [-0.2, 0) is 0 Å². The van der Waals surface area contributed by atoms with Crippen LogP contribution in [0.3, 0.4) is 0 Å². The third kappa shape index (κ3) is 6.04. The van der Waals surface area contributed by atoms with Crippen LogP contribution in [0.1, 0.15) is 0 Å². The molecular formula is C50H33N5. The standard InChI is InChI=1S/C50H33N5/c1-5-15-34(16-6-1)35-25-27-36(28-26-35)44-33-45(52-47(51-44)39-19-9-3-10-20-39)37-29-31-40(32-30-37)48-53-49(41-21-11-4-12-22-41)55-46(38-17-7-2-8-18-38)42-23-13-14-24-43(42)50(55)54-48/h1-33H. The fraction of sp³-hybridized carbons (Fsp3) is 0. The molecule has 0 aliphatic heterocycles. The lowest BCUT2D eigenvalue weighted by atomic mass is 10.0. The zero-order valence-electron chi connectivity index (χ0n) is 29.8. The van der Waals surface area contributed by atoms with Gasteiger partial charge in [0.15, 0.2) is 11.6 Å². The highest BCUT2D eigenvalue weighted by atomic mass is 15.1. The summed E-state index contributed by atoms with van der Waals surface area (Å²) in [5.41, 5.74) is 12.0. The molecule has 0 spiro atoms.